The molecule has 2 fully saturated rings. The number of amides is 2. The smallest absolute Gasteiger partial charge is 0.273 e. The number of carbonyl (C=O) groups is 2. The molecule has 1 saturated heterocycles. The van der Waals surface area contributed by atoms with E-state index < -0.39 is 0 Å². The maximum absolute atomic E-state index is 13.5. The second-order valence-corrected chi connectivity index (χ2v) is 10.1. The lowest BCUT2D eigenvalue weighted by Crippen LogP contribution is -2.54. The number of carbonyl (C=O) groups excluding carboxylic acids is 2. The number of hydroxylamine groups is 2. The molecule has 0 radical (unpaired) electrons. The van der Waals surface area contributed by atoms with Gasteiger partial charge in [-0.15, -0.1) is 0 Å². The van der Waals surface area contributed by atoms with Crippen LogP contribution >= 0.6 is 0 Å². The molecule has 1 spiro atoms. The van der Waals surface area contributed by atoms with E-state index in [1.165, 1.54) is 5.06 Å². The van der Waals surface area contributed by atoms with Crippen LogP contribution in [0.3, 0.4) is 0 Å². The number of anilines is 1. The molecule has 0 unspecified atom stereocenters. The van der Waals surface area contributed by atoms with Crippen molar-refractivity contribution in [2.24, 2.45) is 10.7 Å². The molecule has 0 aromatic heterocycles. The number of aliphatic imine (C=N–C) groups is 1. The number of hydrogen-bond donors (Lipinski definition) is 3. The first kappa shape index (κ1) is 25.0. The van der Waals surface area contributed by atoms with Gasteiger partial charge in [-0.1, -0.05) is 25.1 Å². The minimum Gasteiger partial charge on any atom is -0.399 e. The minimum atomic E-state index is -0.251. The number of nitrogens with two attached hydrogens (primary N) is 2. The van der Waals surface area contributed by atoms with E-state index in [2.05, 4.69) is 10.3 Å². The van der Waals surface area contributed by atoms with Crippen LogP contribution in [0.1, 0.15) is 54.1 Å². The number of nitrogen functional groups attached to an aromatic ring is 1. The number of amidine groups is 1. The molecule has 9 nitrogen and oxygen atoms in total. The van der Waals surface area contributed by atoms with Gasteiger partial charge in [0, 0.05) is 60.5 Å². The fourth-order valence-electron chi connectivity index (χ4n) is 4.81. The van der Waals surface area contributed by atoms with Crippen LogP contribution in [0.15, 0.2) is 53.0 Å². The SMILES string of the molecule is CCCN(OCc1ccc(N)cc1)C(=O)C1=Cc2ccc(C(=O)N3CCNC4(CC4)C3)cc2N=C(N)C1. The fourth-order valence-corrected chi connectivity index (χ4v) is 4.81. The maximum Gasteiger partial charge on any atom is 0.273 e. The molecule has 37 heavy (non-hydrogen) atoms. The Kier molecular flexibility index (Phi) is 6.99. The van der Waals surface area contributed by atoms with Crippen molar-refractivity contribution < 1.29 is 14.4 Å². The third-order valence-electron chi connectivity index (χ3n) is 7.05. The highest BCUT2D eigenvalue weighted by Crippen LogP contribution is 2.38. The molecule has 0 atom stereocenters. The molecule has 5 N–H and O–H groups in total. The molecular weight excluding hydrogens is 468 g/mol. The Morgan fingerprint density at radius 1 is 1.16 bits per heavy atom. The van der Waals surface area contributed by atoms with Gasteiger partial charge < -0.3 is 21.7 Å². The minimum absolute atomic E-state index is 0.000869. The zero-order valence-corrected chi connectivity index (χ0v) is 21.2. The van der Waals surface area contributed by atoms with Gasteiger partial charge in [0.1, 0.15) is 12.4 Å². The van der Waals surface area contributed by atoms with E-state index in [-0.39, 0.29) is 30.4 Å². The summed E-state index contributed by atoms with van der Waals surface area (Å²) < 4.78 is 0. The zero-order chi connectivity index (χ0) is 26.0. The lowest BCUT2D eigenvalue weighted by molar-refractivity contribution is -0.187. The molecule has 1 aliphatic carbocycles. The number of nitrogens with zero attached hydrogens (tertiary/aromatic N) is 3. The predicted molar refractivity (Wildman–Crippen MR) is 144 cm³/mol. The van der Waals surface area contributed by atoms with Gasteiger partial charge in [-0.2, -0.15) is 0 Å². The first-order valence-corrected chi connectivity index (χ1v) is 12.9. The predicted octanol–water partition coefficient (Wildman–Crippen LogP) is 2.99. The highest BCUT2D eigenvalue weighted by molar-refractivity contribution is 6.05. The van der Waals surface area contributed by atoms with Crippen LogP contribution in [-0.4, -0.2) is 59.3 Å². The van der Waals surface area contributed by atoms with E-state index in [9.17, 15) is 9.59 Å². The molecule has 5 rings (SSSR count). The van der Waals surface area contributed by atoms with E-state index in [0.717, 1.165) is 43.5 Å². The number of benzene rings is 2. The second kappa shape index (κ2) is 10.4. The molecule has 2 heterocycles. The van der Waals surface area contributed by atoms with Crippen LogP contribution in [-0.2, 0) is 16.2 Å². The Bertz CT molecular complexity index is 1250. The average Bonchev–Trinajstić information content (AvgIpc) is 3.67. The third kappa shape index (κ3) is 5.68. The van der Waals surface area contributed by atoms with Crippen molar-refractivity contribution in [1.29, 1.82) is 0 Å². The average molecular weight is 503 g/mol. The van der Waals surface area contributed by atoms with E-state index in [4.69, 9.17) is 16.3 Å². The normalized spacial score (nSPS) is 17.9. The third-order valence-corrected chi connectivity index (χ3v) is 7.05. The monoisotopic (exact) mass is 502 g/mol. The number of piperazine rings is 1. The molecule has 9 heteroatoms. The van der Waals surface area contributed by atoms with E-state index >= 15 is 0 Å². The van der Waals surface area contributed by atoms with Crippen molar-refractivity contribution in [2.45, 2.75) is 44.8 Å². The Morgan fingerprint density at radius 2 is 1.95 bits per heavy atom. The Hall–Kier alpha value is -3.69. The van der Waals surface area contributed by atoms with Crippen LogP contribution < -0.4 is 16.8 Å². The van der Waals surface area contributed by atoms with Crippen LogP contribution in [0, 0.1) is 0 Å². The first-order chi connectivity index (χ1) is 17.9. The molecule has 194 valence electrons. The van der Waals surface area contributed by atoms with Gasteiger partial charge in [0.2, 0.25) is 0 Å². The Morgan fingerprint density at radius 3 is 2.68 bits per heavy atom. The fraction of sp³-hybridized carbons (Fsp3) is 0.393. The maximum atomic E-state index is 13.5. The van der Waals surface area contributed by atoms with Crippen molar-refractivity contribution in [3.8, 4) is 0 Å². The quantitative estimate of drug-likeness (QED) is 0.395. The summed E-state index contributed by atoms with van der Waals surface area (Å²) in [7, 11) is 0. The number of rotatable bonds is 7. The van der Waals surface area contributed by atoms with E-state index in [1.54, 1.807) is 30.3 Å². The highest BCUT2D eigenvalue weighted by atomic mass is 16.7. The summed E-state index contributed by atoms with van der Waals surface area (Å²) in [5.74, 6) is 0.0649. The van der Waals surface area contributed by atoms with Crippen LogP contribution in [0.25, 0.3) is 6.08 Å². The number of hydrogen-bond acceptors (Lipinski definition) is 7. The van der Waals surface area contributed by atoms with Gasteiger partial charge in [0.05, 0.1) is 5.69 Å². The summed E-state index contributed by atoms with van der Waals surface area (Å²) in [6, 6.07) is 12.8. The molecular formula is C28H34N6O3. The molecule has 2 aliphatic heterocycles. The largest absolute Gasteiger partial charge is 0.399 e. The van der Waals surface area contributed by atoms with Gasteiger partial charge in [0.25, 0.3) is 11.8 Å². The number of nitrogens with one attached hydrogen (secondary N) is 1. The lowest BCUT2D eigenvalue weighted by atomic mass is 10.0. The van der Waals surface area contributed by atoms with Crippen LogP contribution in [0.4, 0.5) is 11.4 Å². The summed E-state index contributed by atoms with van der Waals surface area (Å²) in [5.41, 5.74) is 16.1. The van der Waals surface area contributed by atoms with Gasteiger partial charge in [-0.05, 0) is 55.2 Å². The standard InChI is InChI=1S/C28H34N6O3/c1-2-12-34(37-17-19-3-7-23(29)8-4-19)27(36)22-14-20-5-6-21(15-24(20)32-25(30)16-22)26(35)33-13-11-31-28(18-33)9-10-28/h3-8,14-15,31H,2,9-13,16-18,29H2,1H3,(H2,30,32). The van der Waals surface area contributed by atoms with Crippen molar-refractivity contribution in [2.75, 3.05) is 31.9 Å². The first-order valence-electron chi connectivity index (χ1n) is 12.9. The molecule has 3 aliphatic rings. The molecule has 2 aromatic rings. The van der Waals surface area contributed by atoms with Crippen molar-refractivity contribution in [1.82, 2.24) is 15.3 Å². The van der Waals surface area contributed by atoms with Crippen molar-refractivity contribution >= 4 is 35.1 Å². The number of fused-ring (bicyclic) bond motifs is 1. The topological polar surface area (TPSA) is 126 Å². The summed E-state index contributed by atoms with van der Waals surface area (Å²) in [6.45, 7) is 4.90. The summed E-state index contributed by atoms with van der Waals surface area (Å²) in [4.78, 5) is 39.0. The Balaban J connectivity index is 1.33. The summed E-state index contributed by atoms with van der Waals surface area (Å²) in [5, 5.41) is 4.92. The Labute approximate surface area is 217 Å². The van der Waals surface area contributed by atoms with Crippen LogP contribution in [0.2, 0.25) is 0 Å². The van der Waals surface area contributed by atoms with E-state index in [1.807, 2.05) is 30.0 Å². The van der Waals surface area contributed by atoms with Crippen molar-refractivity contribution in [3.05, 3.63) is 64.7 Å². The highest BCUT2D eigenvalue weighted by Gasteiger charge is 2.46. The summed E-state index contributed by atoms with van der Waals surface area (Å²) >= 11 is 0. The molecule has 2 aromatic carbocycles. The second-order valence-electron chi connectivity index (χ2n) is 10.1. The van der Waals surface area contributed by atoms with E-state index in [0.29, 0.717) is 41.4 Å². The van der Waals surface area contributed by atoms with Gasteiger partial charge in [-0.25, -0.2) is 10.1 Å². The molecule has 0 bridgehead atoms. The van der Waals surface area contributed by atoms with Gasteiger partial charge >= 0.3 is 0 Å². The van der Waals surface area contributed by atoms with Gasteiger partial charge in [0.15, 0.2) is 0 Å². The zero-order valence-electron chi connectivity index (χ0n) is 21.2. The van der Waals surface area contributed by atoms with Crippen LogP contribution in [0.5, 0.6) is 0 Å². The summed E-state index contributed by atoms with van der Waals surface area (Å²) in [6.07, 6.45) is 4.96. The molecule has 2 amide bonds. The van der Waals surface area contributed by atoms with Gasteiger partial charge in [-0.3, -0.25) is 14.4 Å². The van der Waals surface area contributed by atoms with Crippen molar-refractivity contribution in [3.63, 3.8) is 0 Å². The lowest BCUT2D eigenvalue weighted by Gasteiger charge is -2.34. The molecule has 1 saturated carbocycles.